The van der Waals surface area contributed by atoms with Gasteiger partial charge in [-0.25, -0.2) is 4.79 Å². The highest BCUT2D eigenvalue weighted by Crippen LogP contribution is 2.71. The second kappa shape index (κ2) is 10.9. The van der Waals surface area contributed by atoms with Crippen LogP contribution in [0, 0.1) is 0 Å². The Labute approximate surface area is 223 Å². The number of alkyl halides is 5. The van der Waals surface area contributed by atoms with Crippen LogP contribution in [0.15, 0.2) is 103 Å². The molecule has 0 spiro atoms. The zero-order chi connectivity index (χ0) is 28.3. The van der Waals surface area contributed by atoms with Crippen LogP contribution in [0.25, 0.3) is 0 Å². The van der Waals surface area contributed by atoms with Crippen molar-refractivity contribution < 1.29 is 36.3 Å². The van der Waals surface area contributed by atoms with Crippen molar-refractivity contribution in [2.75, 3.05) is 6.61 Å². The van der Waals surface area contributed by atoms with Crippen LogP contribution in [0.4, 0.5) is 22.0 Å². The van der Waals surface area contributed by atoms with Crippen LogP contribution in [0.1, 0.15) is 30.9 Å². The van der Waals surface area contributed by atoms with Crippen LogP contribution in [0.5, 0.6) is 0 Å². The van der Waals surface area contributed by atoms with E-state index in [0.29, 0.717) is 16.4 Å². The molecule has 3 aromatic rings. The smallest absolute Gasteiger partial charge is 0.453 e. The number of esters is 1. The van der Waals surface area contributed by atoms with Gasteiger partial charge in [0, 0.05) is 6.42 Å². The molecular weight excluding hydrogens is 534 g/mol. The first kappa shape index (κ1) is 28.5. The summed E-state index contributed by atoms with van der Waals surface area (Å²) in [5.41, 5.74) is 0.778. The number of hydrogen-bond donors (Lipinski definition) is 0. The van der Waals surface area contributed by atoms with Crippen LogP contribution in [0.2, 0.25) is 0 Å². The molecule has 1 atom stereocenters. The van der Waals surface area contributed by atoms with Gasteiger partial charge in [-0.1, -0.05) is 103 Å². The average Bonchev–Trinajstić information content (AvgIpc) is 2.92. The lowest BCUT2D eigenvalue weighted by molar-refractivity contribution is -0.278. The molecule has 1 heterocycles. The summed E-state index contributed by atoms with van der Waals surface area (Å²) in [7, 11) is 0. The third kappa shape index (κ3) is 4.76. The van der Waals surface area contributed by atoms with Crippen LogP contribution >= 0.6 is 6.89 Å². The first-order chi connectivity index (χ1) is 18.5. The Hall–Kier alpha value is -3.51. The number of ketones is 1. The van der Waals surface area contributed by atoms with Crippen LogP contribution in [-0.4, -0.2) is 35.8 Å². The largest absolute Gasteiger partial charge is 0.463 e. The van der Waals surface area contributed by atoms with Gasteiger partial charge < -0.3 is 4.74 Å². The summed E-state index contributed by atoms with van der Waals surface area (Å²) in [6.07, 6.45) is -6.52. The van der Waals surface area contributed by atoms with Gasteiger partial charge in [-0.05, 0) is 30.2 Å². The van der Waals surface area contributed by atoms with E-state index in [0.717, 1.165) is 0 Å². The minimum Gasteiger partial charge on any atom is -0.463 e. The van der Waals surface area contributed by atoms with Crippen molar-refractivity contribution >= 4 is 29.2 Å². The van der Waals surface area contributed by atoms with E-state index in [-0.39, 0.29) is 13.0 Å². The molecule has 0 saturated heterocycles. The minimum atomic E-state index is -5.93. The summed E-state index contributed by atoms with van der Waals surface area (Å²) in [6.45, 7) is -2.73. The Bertz CT molecular complexity index is 1380. The quantitative estimate of drug-likeness (QED) is 0.176. The van der Waals surface area contributed by atoms with Gasteiger partial charge in [0.15, 0.2) is 5.78 Å². The fourth-order valence-electron chi connectivity index (χ4n) is 5.29. The minimum absolute atomic E-state index is 0.107. The number of carbonyl (C=O) groups is 2. The molecule has 0 saturated carbocycles. The number of hydrogen-bond acceptors (Lipinski definition) is 3. The number of halogens is 5. The Morgan fingerprint density at radius 3 is 1.79 bits per heavy atom. The van der Waals surface area contributed by atoms with Gasteiger partial charge in [-0.3, -0.25) is 4.79 Å². The first-order valence-corrected chi connectivity index (χ1v) is 14.1. The molecule has 1 aliphatic rings. The lowest BCUT2D eigenvalue weighted by atomic mass is 9.85. The average molecular weight is 560 g/mol. The van der Waals surface area contributed by atoms with Crippen molar-refractivity contribution in [2.24, 2.45) is 0 Å². The maximum absolute atomic E-state index is 14.9. The summed E-state index contributed by atoms with van der Waals surface area (Å²) in [4.78, 5) is 28.0. The van der Waals surface area contributed by atoms with Gasteiger partial charge in [0.25, 0.3) is 0 Å². The Morgan fingerprint density at radius 1 is 0.846 bits per heavy atom. The summed E-state index contributed by atoms with van der Waals surface area (Å²) < 4.78 is 76.0. The van der Waals surface area contributed by atoms with E-state index in [9.17, 15) is 31.5 Å². The molecule has 1 unspecified atom stereocenters. The van der Waals surface area contributed by atoms with Gasteiger partial charge in [-0.2, -0.15) is 22.0 Å². The zero-order valence-electron chi connectivity index (χ0n) is 21.0. The molecule has 39 heavy (non-hydrogen) atoms. The van der Waals surface area contributed by atoms with E-state index >= 15 is 0 Å². The van der Waals surface area contributed by atoms with Crippen molar-refractivity contribution in [1.82, 2.24) is 0 Å². The molecule has 9 heteroatoms. The second-order valence-electron chi connectivity index (χ2n) is 9.06. The molecule has 204 valence electrons. The van der Waals surface area contributed by atoms with E-state index in [1.807, 2.05) is 0 Å². The molecule has 0 N–H and O–H groups in total. The fraction of sp³-hybridized carbons (Fsp3) is 0.233. The predicted octanol–water partition coefficient (Wildman–Crippen LogP) is 7.08. The van der Waals surface area contributed by atoms with E-state index in [1.54, 1.807) is 91.0 Å². The van der Waals surface area contributed by atoms with Crippen LogP contribution in [0.3, 0.4) is 0 Å². The van der Waals surface area contributed by atoms with Gasteiger partial charge in [-0.15, -0.1) is 0 Å². The summed E-state index contributed by atoms with van der Waals surface area (Å²) in [5, 5.41) is -2.21. The highest BCUT2D eigenvalue weighted by Gasteiger charge is 2.61. The SMILES string of the molecule is CCOC(=O)C(CC(F)(F)C(F)(F)F)=P1(c2ccccc2)C=CCC(=O)C1(c1ccccc1)c1ccccc1. The third-order valence-electron chi connectivity index (χ3n) is 6.85. The number of allylic oxidation sites excluding steroid dienone is 1. The van der Waals surface area contributed by atoms with Crippen molar-refractivity contribution in [1.29, 1.82) is 0 Å². The highest BCUT2D eigenvalue weighted by molar-refractivity contribution is 7.88. The first-order valence-electron chi connectivity index (χ1n) is 12.3. The van der Waals surface area contributed by atoms with E-state index in [2.05, 4.69) is 0 Å². The molecule has 0 fully saturated rings. The van der Waals surface area contributed by atoms with E-state index < -0.39 is 47.6 Å². The maximum atomic E-state index is 14.9. The summed E-state index contributed by atoms with van der Waals surface area (Å²) in [6, 6.07) is 24.7. The molecule has 4 rings (SSSR count). The Morgan fingerprint density at radius 2 is 1.33 bits per heavy atom. The Kier molecular flexibility index (Phi) is 7.99. The molecule has 0 radical (unpaired) electrons. The molecular formula is C30H26F5O3P. The summed E-state index contributed by atoms with van der Waals surface area (Å²) in [5.74, 6) is -5.43. The molecule has 0 aromatic heterocycles. The predicted molar refractivity (Wildman–Crippen MR) is 143 cm³/mol. The number of carbonyl (C=O) groups excluding carboxylic acids is 2. The molecule has 3 nitrogen and oxygen atoms in total. The third-order valence-corrected chi connectivity index (χ3v) is 11.6. The number of ether oxygens (including phenoxy) is 1. The van der Waals surface area contributed by atoms with Gasteiger partial charge in [0.2, 0.25) is 0 Å². The molecule has 1 aliphatic heterocycles. The van der Waals surface area contributed by atoms with E-state index in [1.165, 1.54) is 18.8 Å². The van der Waals surface area contributed by atoms with E-state index in [4.69, 9.17) is 4.74 Å². The number of benzene rings is 3. The van der Waals surface area contributed by atoms with Crippen molar-refractivity contribution in [3.63, 3.8) is 0 Å². The molecule has 0 bridgehead atoms. The normalized spacial score (nSPS) is 19.0. The maximum Gasteiger partial charge on any atom is 0.453 e. The lowest BCUT2D eigenvalue weighted by Gasteiger charge is -2.48. The van der Waals surface area contributed by atoms with Crippen molar-refractivity contribution in [2.45, 2.75) is 37.0 Å². The highest BCUT2D eigenvalue weighted by atomic mass is 31.2. The lowest BCUT2D eigenvalue weighted by Crippen LogP contribution is -2.47. The Balaban J connectivity index is 2.33. The van der Waals surface area contributed by atoms with Crippen molar-refractivity contribution in [3.05, 3.63) is 114 Å². The van der Waals surface area contributed by atoms with Crippen LogP contribution in [-0.2, 0) is 19.5 Å². The summed E-state index contributed by atoms with van der Waals surface area (Å²) >= 11 is 0. The van der Waals surface area contributed by atoms with Gasteiger partial charge in [0.05, 0.1) is 18.3 Å². The monoisotopic (exact) mass is 560 g/mol. The number of Topliss-reactive ketones (excluding diaryl/α,β-unsaturated/α-hetero) is 1. The topological polar surface area (TPSA) is 43.4 Å². The van der Waals surface area contributed by atoms with Gasteiger partial charge >= 0.3 is 18.1 Å². The standard InChI is InChI=1S/C30H26F5O3P/c1-2-38-27(37)25(21-28(31,32)30(33,34)35)39(24-17-10-5-11-18-24)20-12-19-26(36)29(39,22-13-6-3-7-14-22)23-15-8-4-9-16-23/h3-18,20H,2,19,21H2,1H3. The van der Waals surface area contributed by atoms with Gasteiger partial charge in [0.1, 0.15) is 5.16 Å². The number of rotatable bonds is 7. The van der Waals surface area contributed by atoms with Crippen molar-refractivity contribution in [3.8, 4) is 0 Å². The zero-order valence-corrected chi connectivity index (χ0v) is 21.9. The fourth-order valence-corrected chi connectivity index (χ4v) is 10.4. The molecule has 0 amide bonds. The molecule has 3 aromatic carbocycles. The molecule has 0 aliphatic carbocycles. The second-order valence-corrected chi connectivity index (χ2v) is 12.5. The van der Waals surface area contributed by atoms with Crippen LogP contribution < -0.4 is 5.30 Å².